The molecule has 4 aromatic rings. The number of nitrogens with zero attached hydrogens (tertiary/aromatic N) is 1. The van der Waals surface area contributed by atoms with Crippen LogP contribution in [0.15, 0.2) is 53.9 Å². The van der Waals surface area contributed by atoms with Gasteiger partial charge in [-0.25, -0.2) is 13.8 Å². The van der Waals surface area contributed by atoms with Crippen molar-refractivity contribution < 1.29 is 13.6 Å². The molecule has 0 atom stereocenters. The van der Waals surface area contributed by atoms with Gasteiger partial charge in [-0.2, -0.15) is 0 Å². The minimum Gasteiger partial charge on any atom is -0.353 e. The minimum atomic E-state index is -0.692. The Kier molecular flexibility index (Phi) is 4.22. The largest absolute Gasteiger partial charge is 0.353 e. The van der Waals surface area contributed by atoms with Gasteiger partial charge in [-0.1, -0.05) is 24.3 Å². The lowest BCUT2D eigenvalue weighted by atomic mass is 10.2. The Hall–Kier alpha value is -3.06. The number of benzene rings is 2. The number of H-pyrrole nitrogens is 1. The number of aromatic amines is 1. The van der Waals surface area contributed by atoms with Crippen molar-refractivity contribution in [3.8, 4) is 10.7 Å². The van der Waals surface area contributed by atoms with Crippen LogP contribution >= 0.6 is 11.3 Å². The molecule has 7 heteroatoms. The molecule has 0 bridgehead atoms. The zero-order chi connectivity index (χ0) is 18.1. The van der Waals surface area contributed by atoms with Crippen LogP contribution in [0.5, 0.6) is 0 Å². The highest BCUT2D eigenvalue weighted by Gasteiger charge is 2.15. The first-order chi connectivity index (χ1) is 12.6. The van der Waals surface area contributed by atoms with Gasteiger partial charge in [0, 0.05) is 28.4 Å². The number of hydrogen-bond donors (Lipinski definition) is 2. The molecule has 2 aromatic carbocycles. The lowest BCUT2D eigenvalue weighted by molar-refractivity contribution is 0.0946. The van der Waals surface area contributed by atoms with Gasteiger partial charge in [0.25, 0.3) is 5.91 Å². The van der Waals surface area contributed by atoms with Crippen molar-refractivity contribution in [3.05, 3.63) is 76.8 Å². The number of carbonyl (C=O) groups is 1. The van der Waals surface area contributed by atoms with Crippen molar-refractivity contribution in [1.82, 2.24) is 15.3 Å². The third-order valence-corrected chi connectivity index (χ3v) is 4.86. The summed E-state index contributed by atoms with van der Waals surface area (Å²) in [5.74, 6) is -1.86. The summed E-state index contributed by atoms with van der Waals surface area (Å²) in [7, 11) is 0. The minimum absolute atomic E-state index is 0.174. The Morgan fingerprint density at radius 2 is 1.88 bits per heavy atom. The normalized spacial score (nSPS) is 11.0. The summed E-state index contributed by atoms with van der Waals surface area (Å²) in [4.78, 5) is 19.8. The van der Waals surface area contributed by atoms with Gasteiger partial charge in [-0.15, -0.1) is 11.3 Å². The van der Waals surface area contributed by atoms with Crippen molar-refractivity contribution in [2.45, 2.75) is 6.54 Å². The summed E-state index contributed by atoms with van der Waals surface area (Å²) in [5.41, 5.74) is 1.83. The average molecular weight is 369 g/mol. The Bertz CT molecular complexity index is 1050. The second kappa shape index (κ2) is 6.68. The standard InChI is InChI=1S/C19H13F2N3OS/c20-13-5-3-6-14(21)12(13)9-22-18(25)17-10-26-19(24-17)16-8-11-4-1-2-7-15(11)23-16/h1-8,10,23H,9H2,(H,22,25). The van der Waals surface area contributed by atoms with Crippen LogP contribution in [0.2, 0.25) is 0 Å². The van der Waals surface area contributed by atoms with Crippen molar-refractivity contribution in [1.29, 1.82) is 0 Å². The number of halogens is 2. The summed E-state index contributed by atoms with van der Waals surface area (Å²) >= 11 is 1.32. The van der Waals surface area contributed by atoms with E-state index < -0.39 is 17.5 Å². The van der Waals surface area contributed by atoms with E-state index in [1.165, 1.54) is 17.4 Å². The number of rotatable bonds is 4. The van der Waals surface area contributed by atoms with Gasteiger partial charge in [0.15, 0.2) is 0 Å². The maximum absolute atomic E-state index is 13.6. The quantitative estimate of drug-likeness (QED) is 0.556. The van der Waals surface area contributed by atoms with E-state index in [-0.39, 0.29) is 17.8 Å². The number of fused-ring (bicyclic) bond motifs is 1. The van der Waals surface area contributed by atoms with Gasteiger partial charge in [0.1, 0.15) is 22.3 Å². The molecular formula is C19H13F2N3OS. The highest BCUT2D eigenvalue weighted by molar-refractivity contribution is 7.13. The molecule has 0 fully saturated rings. The van der Waals surface area contributed by atoms with Gasteiger partial charge < -0.3 is 10.3 Å². The number of hydrogen-bond acceptors (Lipinski definition) is 3. The van der Waals surface area contributed by atoms with Crippen molar-refractivity contribution in [3.63, 3.8) is 0 Å². The molecule has 1 amide bonds. The zero-order valence-electron chi connectivity index (χ0n) is 13.4. The second-order valence-corrected chi connectivity index (χ2v) is 6.55. The molecule has 0 unspecified atom stereocenters. The number of para-hydroxylation sites is 1. The van der Waals surface area contributed by atoms with Gasteiger partial charge in [0.05, 0.1) is 5.69 Å². The molecule has 4 nitrogen and oxygen atoms in total. The van der Waals surface area contributed by atoms with Gasteiger partial charge >= 0.3 is 0 Å². The smallest absolute Gasteiger partial charge is 0.271 e. The number of thiazole rings is 1. The molecule has 0 saturated heterocycles. The molecule has 26 heavy (non-hydrogen) atoms. The lowest BCUT2D eigenvalue weighted by Gasteiger charge is -2.05. The summed E-state index contributed by atoms with van der Waals surface area (Å²) < 4.78 is 27.2. The van der Waals surface area contributed by atoms with Gasteiger partial charge in [-0.3, -0.25) is 4.79 Å². The van der Waals surface area contributed by atoms with E-state index >= 15 is 0 Å². The first kappa shape index (κ1) is 16.4. The number of nitrogens with one attached hydrogen (secondary N) is 2. The molecule has 2 N–H and O–H groups in total. The van der Waals surface area contributed by atoms with Crippen molar-refractivity contribution in [2.24, 2.45) is 0 Å². The van der Waals surface area contributed by atoms with E-state index in [0.29, 0.717) is 5.01 Å². The Labute approximate surface area is 151 Å². The third kappa shape index (κ3) is 3.09. The van der Waals surface area contributed by atoms with E-state index in [1.807, 2.05) is 30.3 Å². The van der Waals surface area contributed by atoms with E-state index in [4.69, 9.17) is 0 Å². The summed E-state index contributed by atoms with van der Waals surface area (Å²) in [6.45, 7) is -0.239. The maximum Gasteiger partial charge on any atom is 0.271 e. The van der Waals surface area contributed by atoms with Crippen molar-refractivity contribution >= 4 is 28.1 Å². The summed E-state index contributed by atoms with van der Waals surface area (Å²) in [5, 5.41) is 5.85. The van der Waals surface area contributed by atoms with Crippen LogP contribution in [-0.4, -0.2) is 15.9 Å². The Morgan fingerprint density at radius 3 is 2.65 bits per heavy atom. The highest BCUT2D eigenvalue weighted by atomic mass is 32.1. The van der Waals surface area contributed by atoms with E-state index in [9.17, 15) is 13.6 Å². The molecule has 0 aliphatic rings. The van der Waals surface area contributed by atoms with Crippen LogP contribution in [0.1, 0.15) is 16.1 Å². The topological polar surface area (TPSA) is 57.8 Å². The van der Waals surface area contributed by atoms with Crippen molar-refractivity contribution in [2.75, 3.05) is 0 Å². The van der Waals surface area contributed by atoms with Crippen LogP contribution in [0.3, 0.4) is 0 Å². The van der Waals surface area contributed by atoms with Crippen LogP contribution in [0.25, 0.3) is 21.6 Å². The predicted octanol–water partition coefficient (Wildman–Crippen LogP) is 4.50. The maximum atomic E-state index is 13.6. The molecular weight excluding hydrogens is 356 g/mol. The predicted molar refractivity (Wildman–Crippen MR) is 96.9 cm³/mol. The molecule has 0 saturated carbocycles. The first-order valence-corrected chi connectivity index (χ1v) is 8.74. The summed E-state index contributed by atoms with van der Waals surface area (Å²) in [6.07, 6.45) is 0. The average Bonchev–Trinajstić information content (AvgIpc) is 3.28. The van der Waals surface area contributed by atoms with Crippen LogP contribution in [0.4, 0.5) is 8.78 Å². The fourth-order valence-corrected chi connectivity index (χ4v) is 3.42. The van der Waals surface area contributed by atoms with Crippen LogP contribution in [0, 0.1) is 11.6 Å². The number of carbonyl (C=O) groups excluding carboxylic acids is 1. The number of amides is 1. The Morgan fingerprint density at radius 1 is 1.12 bits per heavy atom. The molecule has 0 radical (unpaired) electrons. The molecule has 4 rings (SSSR count). The number of aromatic nitrogens is 2. The van der Waals surface area contributed by atoms with Gasteiger partial charge in [0.2, 0.25) is 0 Å². The Balaban J connectivity index is 1.51. The van der Waals surface area contributed by atoms with Crippen LogP contribution in [-0.2, 0) is 6.54 Å². The third-order valence-electron chi connectivity index (χ3n) is 3.98. The molecule has 2 heterocycles. The van der Waals surface area contributed by atoms with Gasteiger partial charge in [-0.05, 0) is 24.3 Å². The van der Waals surface area contributed by atoms with Crippen LogP contribution < -0.4 is 5.32 Å². The first-order valence-electron chi connectivity index (χ1n) is 7.86. The zero-order valence-corrected chi connectivity index (χ0v) is 14.2. The van der Waals surface area contributed by atoms with E-state index in [1.54, 1.807) is 5.38 Å². The molecule has 0 aliphatic carbocycles. The van der Waals surface area contributed by atoms with E-state index in [2.05, 4.69) is 15.3 Å². The fraction of sp³-hybridized carbons (Fsp3) is 0.0526. The SMILES string of the molecule is O=C(NCc1c(F)cccc1F)c1csc(-c2cc3ccccc3[nH]2)n1. The molecule has 0 spiro atoms. The van der Waals surface area contributed by atoms with E-state index in [0.717, 1.165) is 28.7 Å². The molecule has 0 aliphatic heterocycles. The summed E-state index contributed by atoms with van der Waals surface area (Å²) in [6, 6.07) is 13.4. The monoisotopic (exact) mass is 369 g/mol. The lowest BCUT2D eigenvalue weighted by Crippen LogP contribution is -2.24. The highest BCUT2D eigenvalue weighted by Crippen LogP contribution is 2.26. The molecule has 2 aromatic heterocycles. The second-order valence-electron chi connectivity index (χ2n) is 5.69. The fourth-order valence-electron chi connectivity index (χ4n) is 2.65. The molecule has 130 valence electrons.